The van der Waals surface area contributed by atoms with Gasteiger partial charge in [-0.2, -0.15) is 10.4 Å². The van der Waals surface area contributed by atoms with Gasteiger partial charge in [0, 0.05) is 18.2 Å². The lowest BCUT2D eigenvalue weighted by Crippen LogP contribution is -2.17. The third-order valence-electron chi connectivity index (χ3n) is 4.22. The maximum absolute atomic E-state index is 12.1. The van der Waals surface area contributed by atoms with Gasteiger partial charge < -0.3 is 10.1 Å². The van der Waals surface area contributed by atoms with Gasteiger partial charge in [0.15, 0.2) is 0 Å². The van der Waals surface area contributed by atoms with Crippen molar-refractivity contribution in [1.82, 2.24) is 5.43 Å². The Morgan fingerprint density at radius 1 is 1.00 bits per heavy atom. The summed E-state index contributed by atoms with van der Waals surface area (Å²) >= 11 is 0. The quantitative estimate of drug-likeness (QED) is 0.454. The molecule has 0 atom stereocenters. The molecule has 3 aromatic rings. The number of amides is 2. The molecule has 2 N–H and O–H groups in total. The van der Waals surface area contributed by atoms with Crippen LogP contribution < -0.4 is 15.5 Å². The Morgan fingerprint density at radius 2 is 1.68 bits per heavy atom. The first-order valence-corrected chi connectivity index (χ1v) is 9.46. The number of benzene rings is 3. The number of hydrazone groups is 1. The number of rotatable bonds is 7. The molecular formula is C24H20N4O3. The van der Waals surface area contributed by atoms with Gasteiger partial charge in [-0.15, -0.1) is 0 Å². The molecule has 0 aliphatic carbocycles. The van der Waals surface area contributed by atoms with Crippen molar-refractivity contribution in [1.29, 1.82) is 5.26 Å². The Balaban J connectivity index is 1.49. The van der Waals surface area contributed by atoms with Crippen LogP contribution in [0.3, 0.4) is 0 Å². The molecule has 3 aromatic carbocycles. The standard InChI is InChI=1S/C24H20N4O3/c1-17(29)27-22-10-8-21(9-11-22)24(30)28-26-15-19-6-12-23(13-7-19)31-16-20-4-2-18(14-25)3-5-20/h2-13,15H,16H2,1H3,(H,27,29)(H,28,30)/b26-15-. The Bertz CT molecular complexity index is 1110. The summed E-state index contributed by atoms with van der Waals surface area (Å²) in [6.07, 6.45) is 1.54. The van der Waals surface area contributed by atoms with Gasteiger partial charge in [-0.1, -0.05) is 12.1 Å². The molecule has 2 amide bonds. The van der Waals surface area contributed by atoms with Crippen molar-refractivity contribution in [3.05, 3.63) is 95.1 Å². The average molecular weight is 412 g/mol. The van der Waals surface area contributed by atoms with Gasteiger partial charge in [-0.05, 0) is 71.8 Å². The molecule has 7 heteroatoms. The van der Waals surface area contributed by atoms with Crippen molar-refractivity contribution < 1.29 is 14.3 Å². The van der Waals surface area contributed by atoms with Crippen LogP contribution in [0.2, 0.25) is 0 Å². The minimum absolute atomic E-state index is 0.174. The summed E-state index contributed by atoms with van der Waals surface area (Å²) in [7, 11) is 0. The zero-order valence-electron chi connectivity index (χ0n) is 16.8. The van der Waals surface area contributed by atoms with E-state index in [9.17, 15) is 9.59 Å². The van der Waals surface area contributed by atoms with Crippen molar-refractivity contribution in [2.24, 2.45) is 5.10 Å². The van der Waals surface area contributed by atoms with Gasteiger partial charge in [0.25, 0.3) is 5.91 Å². The SMILES string of the molecule is CC(=O)Nc1ccc(C(=O)N/N=C\c2ccc(OCc3ccc(C#N)cc3)cc2)cc1. The Morgan fingerprint density at radius 3 is 2.29 bits per heavy atom. The van der Waals surface area contributed by atoms with Gasteiger partial charge in [0.1, 0.15) is 12.4 Å². The van der Waals surface area contributed by atoms with Gasteiger partial charge in [-0.25, -0.2) is 5.43 Å². The van der Waals surface area contributed by atoms with Crippen LogP contribution in [-0.2, 0) is 11.4 Å². The van der Waals surface area contributed by atoms with Crippen molar-refractivity contribution in [3.8, 4) is 11.8 Å². The lowest BCUT2D eigenvalue weighted by Gasteiger charge is -2.06. The van der Waals surface area contributed by atoms with Crippen LogP contribution in [0.15, 0.2) is 77.9 Å². The Hall–Kier alpha value is -4.44. The summed E-state index contributed by atoms with van der Waals surface area (Å²) in [4.78, 5) is 23.2. The van der Waals surface area contributed by atoms with Crippen molar-refractivity contribution >= 4 is 23.7 Å². The van der Waals surface area contributed by atoms with Crippen LogP contribution in [0.5, 0.6) is 5.75 Å². The Labute approximate surface area is 180 Å². The highest BCUT2D eigenvalue weighted by Crippen LogP contribution is 2.14. The number of hydrogen-bond donors (Lipinski definition) is 2. The second-order valence-corrected chi connectivity index (χ2v) is 6.62. The molecule has 0 radical (unpaired) electrons. The Kier molecular flexibility index (Phi) is 7.12. The summed E-state index contributed by atoms with van der Waals surface area (Å²) in [6, 6.07) is 23.1. The first-order valence-electron chi connectivity index (χ1n) is 9.46. The summed E-state index contributed by atoms with van der Waals surface area (Å²) in [5.74, 6) is 0.172. The molecule has 0 saturated heterocycles. The number of nitriles is 1. The fourth-order valence-electron chi connectivity index (χ4n) is 2.63. The molecule has 0 spiro atoms. The van der Waals surface area contributed by atoms with Crippen LogP contribution in [0.4, 0.5) is 5.69 Å². The zero-order valence-corrected chi connectivity index (χ0v) is 16.8. The number of anilines is 1. The smallest absolute Gasteiger partial charge is 0.271 e. The molecule has 3 rings (SSSR count). The van der Waals surface area contributed by atoms with Crippen LogP contribution in [-0.4, -0.2) is 18.0 Å². The average Bonchev–Trinajstić information content (AvgIpc) is 2.79. The van der Waals surface area contributed by atoms with Crippen LogP contribution in [0.1, 0.15) is 34.0 Å². The summed E-state index contributed by atoms with van der Waals surface area (Å²) in [6.45, 7) is 1.82. The molecule has 0 fully saturated rings. The monoisotopic (exact) mass is 412 g/mol. The van der Waals surface area contributed by atoms with E-state index in [0.29, 0.717) is 29.2 Å². The predicted molar refractivity (Wildman–Crippen MR) is 118 cm³/mol. The number of ether oxygens (including phenoxy) is 1. The van der Waals surface area contributed by atoms with Gasteiger partial charge in [0.05, 0.1) is 17.8 Å². The second-order valence-electron chi connectivity index (χ2n) is 6.62. The lowest BCUT2D eigenvalue weighted by molar-refractivity contribution is -0.114. The van der Waals surface area contributed by atoms with E-state index in [-0.39, 0.29) is 11.8 Å². The van der Waals surface area contributed by atoms with Crippen molar-refractivity contribution in [2.75, 3.05) is 5.32 Å². The van der Waals surface area contributed by atoms with E-state index in [0.717, 1.165) is 11.1 Å². The molecule has 31 heavy (non-hydrogen) atoms. The first-order chi connectivity index (χ1) is 15.0. The van der Waals surface area contributed by atoms with Crippen LogP contribution in [0.25, 0.3) is 0 Å². The number of carbonyl (C=O) groups excluding carboxylic acids is 2. The molecule has 0 unspecified atom stereocenters. The number of hydrogen-bond acceptors (Lipinski definition) is 5. The van der Waals surface area contributed by atoms with Crippen LogP contribution >= 0.6 is 0 Å². The molecule has 154 valence electrons. The first kappa shape index (κ1) is 21.3. The molecule has 0 aromatic heterocycles. The van der Waals surface area contributed by atoms with E-state index in [1.807, 2.05) is 36.4 Å². The second kappa shape index (κ2) is 10.4. The van der Waals surface area contributed by atoms with E-state index < -0.39 is 0 Å². The summed E-state index contributed by atoms with van der Waals surface area (Å²) in [5, 5.41) is 15.4. The van der Waals surface area contributed by atoms with E-state index in [1.54, 1.807) is 36.4 Å². The highest BCUT2D eigenvalue weighted by molar-refractivity contribution is 5.96. The van der Waals surface area contributed by atoms with E-state index in [2.05, 4.69) is 21.9 Å². The molecule has 0 heterocycles. The minimum Gasteiger partial charge on any atom is -0.489 e. The fourth-order valence-corrected chi connectivity index (χ4v) is 2.63. The van der Waals surface area contributed by atoms with Gasteiger partial charge in [-0.3, -0.25) is 9.59 Å². The molecule has 0 aliphatic rings. The van der Waals surface area contributed by atoms with Crippen LogP contribution in [0, 0.1) is 11.3 Å². The number of nitrogens with zero attached hydrogens (tertiary/aromatic N) is 2. The van der Waals surface area contributed by atoms with E-state index in [1.165, 1.54) is 13.1 Å². The van der Waals surface area contributed by atoms with Crippen molar-refractivity contribution in [2.45, 2.75) is 13.5 Å². The summed E-state index contributed by atoms with van der Waals surface area (Å²) in [5.41, 5.74) is 5.90. The normalized spacial score (nSPS) is 10.3. The van der Waals surface area contributed by atoms with Gasteiger partial charge in [0.2, 0.25) is 5.91 Å². The highest BCUT2D eigenvalue weighted by atomic mass is 16.5. The van der Waals surface area contributed by atoms with E-state index in [4.69, 9.17) is 10.00 Å². The zero-order chi connectivity index (χ0) is 22.1. The third kappa shape index (κ3) is 6.54. The predicted octanol–water partition coefficient (Wildman–Crippen LogP) is 3.86. The number of carbonyl (C=O) groups is 2. The van der Waals surface area contributed by atoms with E-state index >= 15 is 0 Å². The summed E-state index contributed by atoms with van der Waals surface area (Å²) < 4.78 is 5.73. The van der Waals surface area contributed by atoms with Gasteiger partial charge >= 0.3 is 0 Å². The minimum atomic E-state index is -0.354. The number of nitrogens with one attached hydrogen (secondary N) is 2. The molecule has 7 nitrogen and oxygen atoms in total. The molecular weight excluding hydrogens is 392 g/mol. The highest BCUT2D eigenvalue weighted by Gasteiger charge is 2.04. The lowest BCUT2D eigenvalue weighted by atomic mass is 10.1. The largest absolute Gasteiger partial charge is 0.489 e. The maximum atomic E-state index is 12.1. The topological polar surface area (TPSA) is 104 Å². The maximum Gasteiger partial charge on any atom is 0.271 e. The third-order valence-corrected chi connectivity index (χ3v) is 4.22. The van der Waals surface area contributed by atoms with Crippen molar-refractivity contribution in [3.63, 3.8) is 0 Å². The fraction of sp³-hybridized carbons (Fsp3) is 0.0833. The molecule has 0 aliphatic heterocycles. The molecule has 0 saturated carbocycles. The molecule has 0 bridgehead atoms.